The molecule has 1 aliphatic carbocycles. The van der Waals surface area contributed by atoms with Crippen molar-refractivity contribution in [3.05, 3.63) is 0 Å². The SMILES string of the molecule is COC(CN)C(=O)NCCC(=O)NC1CC1. The predicted molar refractivity (Wildman–Crippen MR) is 58.6 cm³/mol. The van der Waals surface area contributed by atoms with Crippen LogP contribution in [0.25, 0.3) is 0 Å². The van der Waals surface area contributed by atoms with Crippen molar-refractivity contribution in [1.29, 1.82) is 0 Å². The lowest BCUT2D eigenvalue weighted by Crippen LogP contribution is -2.42. The number of methoxy groups -OCH3 is 1. The van der Waals surface area contributed by atoms with Crippen molar-refractivity contribution in [3.63, 3.8) is 0 Å². The van der Waals surface area contributed by atoms with E-state index < -0.39 is 6.10 Å². The number of carbonyl (C=O) groups is 2. The van der Waals surface area contributed by atoms with Crippen LogP contribution in [0.5, 0.6) is 0 Å². The quantitative estimate of drug-likeness (QED) is 0.508. The molecule has 2 amide bonds. The molecular weight excluding hydrogens is 210 g/mol. The molecule has 6 nitrogen and oxygen atoms in total. The maximum Gasteiger partial charge on any atom is 0.250 e. The molecule has 1 saturated carbocycles. The standard InChI is InChI=1S/C10H19N3O3/c1-16-8(6-11)10(15)12-5-4-9(14)13-7-2-3-7/h7-8H,2-6,11H2,1H3,(H,12,15)(H,13,14). The number of hydrogen-bond acceptors (Lipinski definition) is 4. The van der Waals surface area contributed by atoms with Crippen LogP contribution < -0.4 is 16.4 Å². The van der Waals surface area contributed by atoms with Gasteiger partial charge >= 0.3 is 0 Å². The van der Waals surface area contributed by atoms with Crippen molar-refractivity contribution in [2.75, 3.05) is 20.2 Å². The number of amides is 2. The first-order valence-electron chi connectivity index (χ1n) is 5.47. The molecule has 0 aromatic heterocycles. The molecule has 0 heterocycles. The number of nitrogens with one attached hydrogen (secondary N) is 2. The molecule has 16 heavy (non-hydrogen) atoms. The molecule has 0 aliphatic heterocycles. The van der Waals surface area contributed by atoms with Crippen LogP contribution >= 0.6 is 0 Å². The summed E-state index contributed by atoms with van der Waals surface area (Å²) in [4.78, 5) is 22.6. The molecule has 0 aromatic rings. The summed E-state index contributed by atoms with van der Waals surface area (Å²) in [6, 6.07) is 0.360. The molecular formula is C10H19N3O3. The lowest BCUT2D eigenvalue weighted by molar-refractivity contribution is -0.130. The first kappa shape index (κ1) is 12.9. The minimum absolute atomic E-state index is 0.0236. The van der Waals surface area contributed by atoms with Gasteiger partial charge in [0.25, 0.3) is 0 Å². The summed E-state index contributed by atoms with van der Waals surface area (Å²) in [7, 11) is 1.43. The van der Waals surface area contributed by atoms with Gasteiger partial charge in [0.2, 0.25) is 11.8 Å². The molecule has 0 saturated heterocycles. The van der Waals surface area contributed by atoms with E-state index in [4.69, 9.17) is 10.5 Å². The van der Waals surface area contributed by atoms with Crippen molar-refractivity contribution in [3.8, 4) is 0 Å². The lowest BCUT2D eigenvalue weighted by atomic mass is 10.3. The first-order chi connectivity index (χ1) is 7.67. The molecule has 4 N–H and O–H groups in total. The monoisotopic (exact) mass is 229 g/mol. The number of hydrogen-bond donors (Lipinski definition) is 3. The topological polar surface area (TPSA) is 93.4 Å². The number of nitrogens with two attached hydrogens (primary N) is 1. The van der Waals surface area contributed by atoms with Gasteiger partial charge in [0.05, 0.1) is 0 Å². The fraction of sp³-hybridized carbons (Fsp3) is 0.800. The molecule has 0 bridgehead atoms. The van der Waals surface area contributed by atoms with Gasteiger partial charge in [-0.1, -0.05) is 0 Å². The van der Waals surface area contributed by atoms with Crippen LogP contribution in [-0.4, -0.2) is 44.2 Å². The largest absolute Gasteiger partial charge is 0.370 e. The minimum Gasteiger partial charge on any atom is -0.370 e. The Labute approximate surface area is 94.9 Å². The molecule has 1 fully saturated rings. The van der Waals surface area contributed by atoms with E-state index in [-0.39, 0.29) is 18.4 Å². The lowest BCUT2D eigenvalue weighted by Gasteiger charge is -2.12. The van der Waals surface area contributed by atoms with E-state index in [0.717, 1.165) is 12.8 Å². The van der Waals surface area contributed by atoms with Crippen LogP contribution in [0.4, 0.5) is 0 Å². The van der Waals surface area contributed by atoms with Gasteiger partial charge in [-0.3, -0.25) is 9.59 Å². The van der Waals surface area contributed by atoms with Gasteiger partial charge < -0.3 is 21.1 Å². The van der Waals surface area contributed by atoms with Gasteiger partial charge in [0, 0.05) is 32.7 Å². The third-order valence-corrected chi connectivity index (χ3v) is 2.38. The van der Waals surface area contributed by atoms with E-state index in [9.17, 15) is 9.59 Å². The van der Waals surface area contributed by atoms with Crippen molar-refractivity contribution in [2.45, 2.75) is 31.4 Å². The molecule has 0 radical (unpaired) electrons. The Kier molecular flexibility index (Phi) is 5.21. The average molecular weight is 229 g/mol. The van der Waals surface area contributed by atoms with Gasteiger partial charge in [-0.2, -0.15) is 0 Å². The summed E-state index contributed by atoms with van der Waals surface area (Å²) in [6.07, 6.45) is 1.79. The van der Waals surface area contributed by atoms with E-state index in [0.29, 0.717) is 19.0 Å². The Morgan fingerprint density at radius 2 is 2.19 bits per heavy atom. The Hall–Kier alpha value is -1.14. The van der Waals surface area contributed by atoms with E-state index in [1.165, 1.54) is 7.11 Å². The highest BCUT2D eigenvalue weighted by Crippen LogP contribution is 2.18. The Balaban J connectivity index is 2.08. The highest BCUT2D eigenvalue weighted by molar-refractivity contribution is 5.82. The van der Waals surface area contributed by atoms with Gasteiger partial charge in [0.15, 0.2) is 0 Å². The molecule has 0 spiro atoms. The normalized spacial score (nSPS) is 16.6. The summed E-state index contributed by atoms with van der Waals surface area (Å²) in [5.74, 6) is -0.297. The van der Waals surface area contributed by atoms with Crippen molar-refractivity contribution < 1.29 is 14.3 Å². The van der Waals surface area contributed by atoms with Crippen LogP contribution in [0.1, 0.15) is 19.3 Å². The van der Waals surface area contributed by atoms with Gasteiger partial charge in [-0.05, 0) is 12.8 Å². The zero-order chi connectivity index (χ0) is 12.0. The first-order valence-corrected chi connectivity index (χ1v) is 5.47. The highest BCUT2D eigenvalue weighted by atomic mass is 16.5. The number of rotatable bonds is 7. The zero-order valence-corrected chi connectivity index (χ0v) is 9.49. The molecule has 1 unspecified atom stereocenters. The number of ether oxygens (including phenoxy) is 1. The van der Waals surface area contributed by atoms with E-state index in [2.05, 4.69) is 10.6 Å². The number of carbonyl (C=O) groups excluding carboxylic acids is 2. The second-order valence-electron chi connectivity index (χ2n) is 3.84. The van der Waals surface area contributed by atoms with Crippen LogP contribution in [0, 0.1) is 0 Å². The molecule has 92 valence electrons. The minimum atomic E-state index is -0.633. The van der Waals surface area contributed by atoms with Gasteiger partial charge in [0.1, 0.15) is 6.10 Å². The van der Waals surface area contributed by atoms with E-state index >= 15 is 0 Å². The Morgan fingerprint density at radius 1 is 1.50 bits per heavy atom. The van der Waals surface area contributed by atoms with Crippen LogP contribution in [-0.2, 0) is 14.3 Å². The zero-order valence-electron chi connectivity index (χ0n) is 9.49. The predicted octanol–water partition coefficient (Wildman–Crippen LogP) is -1.25. The Bertz CT molecular complexity index is 250. The fourth-order valence-electron chi connectivity index (χ4n) is 1.25. The molecule has 1 atom stereocenters. The van der Waals surface area contributed by atoms with Gasteiger partial charge in [-0.25, -0.2) is 0 Å². The molecule has 1 rings (SSSR count). The molecule has 0 aromatic carbocycles. The van der Waals surface area contributed by atoms with Crippen LogP contribution in [0.3, 0.4) is 0 Å². The summed E-state index contributed by atoms with van der Waals surface area (Å²) in [5, 5.41) is 5.44. The summed E-state index contributed by atoms with van der Waals surface area (Å²) in [5.41, 5.74) is 5.32. The molecule has 1 aliphatic rings. The van der Waals surface area contributed by atoms with Gasteiger partial charge in [-0.15, -0.1) is 0 Å². The van der Waals surface area contributed by atoms with Crippen LogP contribution in [0.15, 0.2) is 0 Å². The maximum atomic E-state index is 11.4. The smallest absolute Gasteiger partial charge is 0.250 e. The van der Waals surface area contributed by atoms with Crippen LogP contribution in [0.2, 0.25) is 0 Å². The van der Waals surface area contributed by atoms with Crippen molar-refractivity contribution in [1.82, 2.24) is 10.6 Å². The third kappa shape index (κ3) is 4.59. The fourth-order valence-corrected chi connectivity index (χ4v) is 1.25. The summed E-state index contributed by atoms with van der Waals surface area (Å²) in [6.45, 7) is 0.452. The average Bonchev–Trinajstić information content (AvgIpc) is 3.03. The van der Waals surface area contributed by atoms with E-state index in [1.54, 1.807) is 0 Å². The maximum absolute atomic E-state index is 11.4. The summed E-state index contributed by atoms with van der Waals surface area (Å²) < 4.78 is 4.86. The second kappa shape index (κ2) is 6.44. The van der Waals surface area contributed by atoms with Crippen molar-refractivity contribution in [2.24, 2.45) is 5.73 Å². The van der Waals surface area contributed by atoms with E-state index in [1.807, 2.05) is 0 Å². The Morgan fingerprint density at radius 3 is 2.69 bits per heavy atom. The molecule has 6 heteroatoms. The summed E-state index contributed by atoms with van der Waals surface area (Å²) >= 11 is 0. The highest BCUT2D eigenvalue weighted by Gasteiger charge is 2.23. The second-order valence-corrected chi connectivity index (χ2v) is 3.84. The van der Waals surface area contributed by atoms with Crippen molar-refractivity contribution >= 4 is 11.8 Å². The third-order valence-electron chi connectivity index (χ3n) is 2.38.